The topological polar surface area (TPSA) is 373 Å². The van der Waals surface area contributed by atoms with Gasteiger partial charge in [0.25, 0.3) is 11.8 Å². The molecular weight excluding hydrogens is 1300 g/mol. The molecule has 3 aromatic carbocycles. The Balaban J connectivity index is 0.644. The number of aromatic nitrogens is 4. The number of fused-ring (bicyclic) bond motifs is 2. The van der Waals surface area contributed by atoms with E-state index in [0.717, 1.165) is 52.9 Å². The zero-order valence-corrected chi connectivity index (χ0v) is 55.8. The molecule has 7 amide bonds. The van der Waals surface area contributed by atoms with Crippen molar-refractivity contribution in [2.24, 2.45) is 16.2 Å². The highest BCUT2D eigenvalue weighted by Gasteiger charge is 2.74. The number of ether oxygens (including phenoxy) is 5. The van der Waals surface area contributed by atoms with E-state index in [1.807, 2.05) is 35.9 Å². The average Bonchev–Trinajstić information content (AvgIpc) is 1.50. The first kappa shape index (κ1) is 69.3. The Morgan fingerprint density at radius 3 is 2.41 bits per heavy atom. The number of hydrogen-bond donors (Lipinski definition) is 8. The first-order valence-corrected chi connectivity index (χ1v) is 33.6. The largest absolute Gasteiger partial charge is 0.490 e. The van der Waals surface area contributed by atoms with Gasteiger partial charge in [-0.15, -0.1) is 0 Å². The molecule has 9 atom stereocenters. The number of nitrogens with one attached hydrogen (secondary N) is 3. The number of hydrogen-bond acceptors (Lipinski definition) is 20. The fourth-order valence-electron chi connectivity index (χ4n) is 15.5. The molecule has 4 saturated carbocycles. The molecule has 1 saturated heterocycles. The maximum absolute atomic E-state index is 13.7. The number of pyridine rings is 1. The third-order valence-electron chi connectivity index (χ3n) is 19.6. The molecule has 3 aliphatic heterocycles. The second-order valence-electron chi connectivity index (χ2n) is 27.0. The number of carbonyl (C=O) groups is 8. The van der Waals surface area contributed by atoms with Crippen LogP contribution in [0.1, 0.15) is 99.8 Å². The third-order valence-corrected chi connectivity index (χ3v) is 20.6. The van der Waals surface area contributed by atoms with E-state index >= 15 is 0 Å². The number of carboxylic acid groups (broad SMARTS) is 2. The second-order valence-corrected chi connectivity index (χ2v) is 28.1. The number of anilines is 3. The van der Waals surface area contributed by atoms with Crippen LogP contribution in [0.3, 0.4) is 0 Å². The minimum atomic E-state index is -1.98. The maximum atomic E-state index is 13.7. The quantitative estimate of drug-likeness (QED) is 0.0194. The van der Waals surface area contributed by atoms with Crippen molar-refractivity contribution in [1.29, 1.82) is 0 Å². The fraction of sp³-hybridized carbons (Fsp3) is 0.443. The predicted octanol–water partition coefficient (Wildman–Crippen LogP) is 7.39. The molecule has 0 radical (unpaired) electrons. The average molecular weight is 1380 g/mol. The summed E-state index contributed by atoms with van der Waals surface area (Å²) in [6.07, 6.45) is 3.07. The Hall–Kier alpha value is -9.65. The highest BCUT2D eigenvalue weighted by atomic mass is 32.1. The van der Waals surface area contributed by atoms with Gasteiger partial charge in [0.15, 0.2) is 16.9 Å². The lowest BCUT2D eigenvalue weighted by molar-refractivity contribution is -0.271. The lowest BCUT2D eigenvalue weighted by Gasteiger charge is -2.46. The molecule has 6 heterocycles. The maximum Gasteiger partial charge on any atom is 0.409 e. The van der Waals surface area contributed by atoms with Gasteiger partial charge < -0.3 is 64.8 Å². The van der Waals surface area contributed by atoms with E-state index in [0.29, 0.717) is 70.3 Å². The van der Waals surface area contributed by atoms with Crippen molar-refractivity contribution < 1.29 is 87.6 Å². The van der Waals surface area contributed by atoms with Crippen LogP contribution >= 0.6 is 11.3 Å². The van der Waals surface area contributed by atoms with Gasteiger partial charge in [-0.1, -0.05) is 55.9 Å². The summed E-state index contributed by atoms with van der Waals surface area (Å²) < 4.78 is 32.6. The van der Waals surface area contributed by atoms with Crippen molar-refractivity contribution in [3.63, 3.8) is 0 Å². The number of para-hydroxylation sites is 1. The summed E-state index contributed by atoms with van der Waals surface area (Å²) in [4.78, 5) is 115. The number of imide groups is 1. The Bertz CT molecular complexity index is 4180. The number of amides is 7. The Morgan fingerprint density at radius 1 is 0.838 bits per heavy atom. The number of carbonyl (C=O) groups excluding carboxylic acids is 6. The molecular formula is C70H78N10O18S. The highest BCUT2D eigenvalue weighted by molar-refractivity contribution is 7.22. The van der Waals surface area contributed by atoms with E-state index in [-0.39, 0.29) is 116 Å². The van der Waals surface area contributed by atoms with Gasteiger partial charge in [0, 0.05) is 80.6 Å². The number of aromatic carboxylic acids is 1. The zero-order chi connectivity index (χ0) is 70.1. The number of urea groups is 1. The van der Waals surface area contributed by atoms with Gasteiger partial charge in [-0.2, -0.15) is 5.10 Å². The van der Waals surface area contributed by atoms with Crippen molar-refractivity contribution in [3.05, 3.63) is 114 Å². The number of aliphatic carboxylic acids is 1. The van der Waals surface area contributed by atoms with Crippen molar-refractivity contribution in [3.8, 4) is 33.9 Å². The predicted molar refractivity (Wildman–Crippen MR) is 359 cm³/mol. The lowest BCUT2D eigenvalue weighted by Crippen LogP contribution is -2.61. The number of thiazole rings is 1. The molecule has 13 rings (SSSR count). The third kappa shape index (κ3) is 14.6. The summed E-state index contributed by atoms with van der Waals surface area (Å²) in [6, 6.07) is 20.5. The normalized spacial score (nSPS) is 25.1. The van der Waals surface area contributed by atoms with Gasteiger partial charge in [0.05, 0.1) is 52.2 Å². The van der Waals surface area contributed by atoms with E-state index in [9.17, 15) is 63.9 Å². The number of likely N-dealkylation sites (N-methyl/N-ethyl adjacent to an activating group) is 1. The second kappa shape index (κ2) is 28.3. The molecule has 28 nitrogen and oxygen atoms in total. The van der Waals surface area contributed by atoms with Crippen molar-refractivity contribution in [1.82, 2.24) is 34.9 Å². The molecule has 3 aromatic heterocycles. The van der Waals surface area contributed by atoms with Gasteiger partial charge in [-0.3, -0.25) is 39.0 Å². The van der Waals surface area contributed by atoms with Crippen LogP contribution < -0.4 is 30.3 Å². The van der Waals surface area contributed by atoms with Gasteiger partial charge in [0.1, 0.15) is 43.0 Å². The summed E-state index contributed by atoms with van der Waals surface area (Å²) in [5.74, 6) is -4.08. The molecule has 6 aromatic rings. The van der Waals surface area contributed by atoms with E-state index in [2.05, 4.69) is 34.8 Å². The fourth-order valence-corrected chi connectivity index (χ4v) is 16.4. The van der Waals surface area contributed by atoms with Crippen LogP contribution in [0.4, 0.5) is 26.1 Å². The molecule has 5 fully saturated rings. The summed E-state index contributed by atoms with van der Waals surface area (Å²) in [7, 11) is 1.62. The van der Waals surface area contributed by atoms with Crippen LogP contribution in [-0.2, 0) is 44.7 Å². The van der Waals surface area contributed by atoms with Crippen LogP contribution in [0.25, 0.3) is 38.7 Å². The number of carboxylic acids is 2. The molecule has 0 spiro atoms. The van der Waals surface area contributed by atoms with Crippen molar-refractivity contribution in [2.45, 2.75) is 128 Å². The van der Waals surface area contributed by atoms with Crippen LogP contribution in [0.2, 0.25) is 0 Å². The molecule has 4 unspecified atom stereocenters. The first-order valence-electron chi connectivity index (χ1n) is 32.8. The van der Waals surface area contributed by atoms with Crippen molar-refractivity contribution >= 4 is 91.8 Å². The first-order chi connectivity index (χ1) is 47.3. The van der Waals surface area contributed by atoms with Crippen LogP contribution in [0, 0.1) is 23.2 Å². The molecule has 4 bridgehead atoms. The molecule has 7 aliphatic rings. The molecule has 4 aliphatic carbocycles. The van der Waals surface area contributed by atoms with E-state index in [4.69, 9.17) is 33.8 Å². The monoisotopic (exact) mass is 1380 g/mol. The Kier molecular flexibility index (Phi) is 19.8. The molecule has 29 heteroatoms. The standard InChI is InChI=1S/C70H78N10O18S/c1-40-44(43-17-18-45(74-56(43)61(88)89)42-16-20-50-48(32-42)78(27-29-94-50)65(92)76-64-75-46-12-7-8-13-51(46)99-64)33-72-80(40)39-69-35-67(2)34-68(3,37-69)70(36-67,38-69)96-30-26-77(4)66(93)95-28-10-11-41-15-19-49(97-63-59(87)57(85)58(86)60(98-63)62(90)91)47(31-41)73-53(82)23-24-71-52(81)14-6-5-9-25-79-54(83)21-22-55(79)84/h7-8,10-13,15-22,31-33,57-60,63,85-87H,5-6,9,14,23-30,34-39H2,1-4H3,(H,71,81)(H,73,82)(H,88,89)(H,90,91)(H,75,76,92)/b11-10+/t57-,58-,59+,60-,63+,67?,68?,69?,70?/m0/s1. The minimum absolute atomic E-state index is 0.0162. The van der Waals surface area contributed by atoms with Crippen molar-refractivity contribution in [2.75, 3.05) is 68.6 Å². The van der Waals surface area contributed by atoms with Gasteiger partial charge >= 0.3 is 24.1 Å². The Morgan fingerprint density at radius 2 is 1.64 bits per heavy atom. The number of aliphatic hydroxyl groups is 3. The number of rotatable bonds is 26. The van der Waals surface area contributed by atoms with Gasteiger partial charge in [-0.25, -0.2) is 29.1 Å². The van der Waals surface area contributed by atoms with Crippen LogP contribution in [0.5, 0.6) is 11.5 Å². The zero-order valence-electron chi connectivity index (χ0n) is 55.0. The smallest absolute Gasteiger partial charge is 0.409 e. The van der Waals surface area contributed by atoms with Crippen LogP contribution in [0.15, 0.2) is 97.2 Å². The van der Waals surface area contributed by atoms with Gasteiger partial charge in [0.2, 0.25) is 18.1 Å². The Labute approximate surface area is 572 Å². The van der Waals surface area contributed by atoms with Gasteiger partial charge in [-0.05, 0) is 134 Å². The molecule has 99 heavy (non-hydrogen) atoms. The van der Waals surface area contributed by atoms with E-state index in [1.165, 1.54) is 40.5 Å². The highest BCUT2D eigenvalue weighted by Crippen LogP contribution is 2.77. The number of nitrogens with zero attached hydrogens (tertiary/aromatic N) is 7. The summed E-state index contributed by atoms with van der Waals surface area (Å²) >= 11 is 1.37. The van der Waals surface area contributed by atoms with E-state index < -0.39 is 60.2 Å². The summed E-state index contributed by atoms with van der Waals surface area (Å²) in [5.41, 5.74) is 3.64. The number of aliphatic hydroxyl groups excluding tert-OH is 3. The summed E-state index contributed by atoms with van der Waals surface area (Å²) in [5, 5.41) is 65.3. The molecule has 8 N–H and O–H groups in total. The van der Waals surface area contributed by atoms with Crippen LogP contribution in [-0.4, -0.2) is 192 Å². The minimum Gasteiger partial charge on any atom is -0.490 e. The number of benzene rings is 3. The van der Waals surface area contributed by atoms with E-state index in [1.54, 1.807) is 66.7 Å². The number of unbranched alkanes of at least 4 members (excludes halogenated alkanes) is 2. The summed E-state index contributed by atoms with van der Waals surface area (Å²) in [6.45, 7) is 8.22. The SMILES string of the molecule is Cc1c(-c2ccc(-c3ccc4c(c3)N(C(=O)Nc3nc5ccccc5s3)CCO4)nc2C(=O)O)cnn1CC12CC3(C)CC(C)(C1)C(OCCN(C)C(=O)OC/C=C/c1ccc(O[C@@H]4O[C@H](C(=O)O)[C@@H](O)[C@H](O)[C@H]4O)c(NC(=O)CCNC(=O)CCCCCN4C(=O)C=CC4=O)c1)(C3)C2. The lowest BCUT2D eigenvalue weighted by atomic mass is 9.60. The molecule has 522 valence electrons.